The fourth-order valence-corrected chi connectivity index (χ4v) is 13.6. The van der Waals surface area contributed by atoms with Gasteiger partial charge >= 0.3 is 5.97 Å². The smallest absolute Gasteiger partial charge is 0.329 e. The lowest BCUT2D eigenvalue weighted by Gasteiger charge is -2.34. The highest BCUT2D eigenvalue weighted by Crippen LogP contribution is 2.28. The summed E-state index contributed by atoms with van der Waals surface area (Å²) in [6.45, 7) is 28.5. The number of aliphatic hydroxyl groups is 1. The Bertz CT molecular complexity index is 3270. The minimum atomic E-state index is -1.83. The van der Waals surface area contributed by atoms with Gasteiger partial charge in [0.15, 0.2) is 0 Å². The van der Waals surface area contributed by atoms with E-state index in [0.29, 0.717) is 37.2 Å². The van der Waals surface area contributed by atoms with Crippen molar-refractivity contribution < 1.29 is 77.0 Å². The molecular formula is C79H130N14O16. The molecule has 3 fully saturated rings. The first kappa shape index (κ1) is 92.8. The molecule has 2 aliphatic heterocycles. The molecule has 0 spiro atoms. The highest BCUT2D eigenvalue weighted by atomic mass is 16.5. The van der Waals surface area contributed by atoms with Gasteiger partial charge in [0.2, 0.25) is 70.9 Å². The van der Waals surface area contributed by atoms with Crippen LogP contribution in [0.4, 0.5) is 0 Å². The first-order valence-corrected chi connectivity index (χ1v) is 39.6. The summed E-state index contributed by atoms with van der Waals surface area (Å²) in [5, 5.41) is 43.7. The highest BCUT2D eigenvalue weighted by Gasteiger charge is 2.45. The number of cyclic esters (lactones) is 1. The topological polar surface area (TPSA) is 442 Å². The second-order valence-corrected chi connectivity index (χ2v) is 31.8. The van der Waals surface area contributed by atoms with Gasteiger partial charge in [0.1, 0.15) is 84.3 Å². The summed E-state index contributed by atoms with van der Waals surface area (Å²) >= 11 is 0. The normalized spacial score (nSPS) is 23.1. The van der Waals surface area contributed by atoms with Crippen molar-refractivity contribution in [1.29, 1.82) is 0 Å². The van der Waals surface area contributed by atoms with Crippen molar-refractivity contribution in [2.45, 2.75) is 305 Å². The number of aliphatic hydroxyl groups excluding tert-OH is 1. The number of nitrogens with two attached hydrogens (primary N) is 1. The molecule has 1 aromatic carbocycles. The Kier molecular flexibility index (Phi) is 38.8. The zero-order valence-electron chi connectivity index (χ0n) is 67.5. The van der Waals surface area contributed by atoms with E-state index in [1.807, 2.05) is 0 Å². The second-order valence-electron chi connectivity index (χ2n) is 31.8. The lowest BCUT2D eigenvalue weighted by Crippen LogP contribution is -2.64. The van der Waals surface area contributed by atoms with Crippen LogP contribution < -0.4 is 69.5 Å². The van der Waals surface area contributed by atoms with E-state index in [1.165, 1.54) is 31.7 Å². The Hall–Kier alpha value is -8.54. The van der Waals surface area contributed by atoms with Gasteiger partial charge in [0.05, 0.1) is 6.10 Å². The van der Waals surface area contributed by atoms with E-state index < -0.39 is 197 Å². The molecule has 3 aliphatic rings. The van der Waals surface area contributed by atoms with Gasteiger partial charge in [-0.15, -0.1) is 0 Å². The maximum absolute atomic E-state index is 15.1. The lowest BCUT2D eigenvalue weighted by molar-refractivity contribution is -0.157. The molecule has 109 heavy (non-hydrogen) atoms. The summed E-state index contributed by atoms with van der Waals surface area (Å²) in [4.78, 5) is 204. The highest BCUT2D eigenvalue weighted by molar-refractivity contribution is 6.03. The third-order valence-electron chi connectivity index (χ3n) is 20.9. The maximum atomic E-state index is 15.1. The van der Waals surface area contributed by atoms with Gasteiger partial charge in [-0.25, -0.2) is 4.79 Å². The van der Waals surface area contributed by atoms with Crippen molar-refractivity contribution >= 4 is 82.8 Å². The number of carbonyl (C=O) groups is 14. The van der Waals surface area contributed by atoms with Crippen molar-refractivity contribution in [1.82, 2.24) is 68.7 Å². The van der Waals surface area contributed by atoms with E-state index in [2.05, 4.69) is 77.6 Å². The molecular weight excluding hydrogens is 1400 g/mol. The van der Waals surface area contributed by atoms with Crippen molar-refractivity contribution in [3.8, 4) is 0 Å². The number of likely N-dealkylation sites (tertiary alicyclic amines) is 1. The van der Waals surface area contributed by atoms with Crippen LogP contribution >= 0.6 is 0 Å². The van der Waals surface area contributed by atoms with Gasteiger partial charge in [-0.05, 0) is 119 Å². The molecule has 1 aromatic rings. The third-order valence-corrected chi connectivity index (χ3v) is 20.9. The Labute approximate surface area is 644 Å². The molecule has 13 amide bonds. The van der Waals surface area contributed by atoms with Crippen LogP contribution in [0.1, 0.15) is 220 Å². The van der Waals surface area contributed by atoms with Gasteiger partial charge in [-0.3, -0.25) is 62.3 Å². The SMILES string of the molecule is C/C=C1\NC(=O)[C@H](Cc2ccccc2)NC(=O)[C@@H](C(C)C)NC(=O)[C@@H]([C@H](C)CC)NC(=O)[C@H](NC(=O)[C@H](NC(=O)[C@H](CCCN)NC(=O)[C@H]2CCCN2C(=O)[C@H](NC(=O)[C@@H](NC(=O)[C@@H](NC(=O)[C@@H](CC2CCCCC2)NC(=O)CCCC(C)C)[C@@H](C)O)C(C)C)C(C)C)[C@H](C)CC)[C@H](C)OC(=O)[C@H](C(C)C)NC1=O. The van der Waals surface area contributed by atoms with Crippen molar-refractivity contribution in [2.75, 3.05) is 13.1 Å². The minimum absolute atomic E-state index is 0.0346. The molecule has 1 aliphatic carbocycles. The molecule has 15 N–H and O–H groups in total. The predicted octanol–water partition coefficient (Wildman–Crippen LogP) is 3.15. The molecule has 2 heterocycles. The quantitative estimate of drug-likeness (QED) is 0.0348. The molecule has 0 radical (unpaired) electrons. The van der Waals surface area contributed by atoms with Crippen LogP contribution in [0.15, 0.2) is 42.1 Å². The van der Waals surface area contributed by atoms with Gasteiger partial charge in [0, 0.05) is 19.4 Å². The summed E-state index contributed by atoms with van der Waals surface area (Å²) in [5.41, 5.74) is 6.36. The molecule has 0 bridgehead atoms. The fourth-order valence-electron chi connectivity index (χ4n) is 13.6. The predicted molar refractivity (Wildman–Crippen MR) is 412 cm³/mol. The van der Waals surface area contributed by atoms with Gasteiger partial charge < -0.3 is 84.3 Å². The number of rotatable bonds is 34. The Balaban J connectivity index is 1.63. The molecule has 30 heteroatoms. The largest absolute Gasteiger partial charge is 0.458 e. The summed E-state index contributed by atoms with van der Waals surface area (Å²) < 4.78 is 5.97. The van der Waals surface area contributed by atoms with Gasteiger partial charge in [0.25, 0.3) is 5.91 Å². The molecule has 4 rings (SSSR count). The van der Waals surface area contributed by atoms with Crippen molar-refractivity contribution in [3.63, 3.8) is 0 Å². The first-order chi connectivity index (χ1) is 51.4. The second kappa shape index (κ2) is 45.6. The van der Waals surface area contributed by atoms with Crippen LogP contribution in [-0.4, -0.2) is 191 Å². The van der Waals surface area contributed by atoms with E-state index >= 15 is 9.59 Å². The van der Waals surface area contributed by atoms with E-state index in [4.69, 9.17) is 10.5 Å². The number of hydrogen-bond acceptors (Lipinski definition) is 17. The lowest BCUT2D eigenvalue weighted by atomic mass is 9.84. The number of carbonyl (C=O) groups excluding carboxylic acids is 14. The molecule has 16 atom stereocenters. The van der Waals surface area contributed by atoms with Crippen LogP contribution in [0.2, 0.25) is 0 Å². The molecule has 30 nitrogen and oxygen atoms in total. The number of nitrogens with zero attached hydrogens (tertiary/aromatic N) is 1. The first-order valence-electron chi connectivity index (χ1n) is 39.6. The number of amides is 13. The number of ether oxygens (including phenoxy) is 1. The van der Waals surface area contributed by atoms with E-state index in [0.717, 1.165) is 38.5 Å². The molecule has 2 saturated heterocycles. The number of benzene rings is 1. The Morgan fingerprint density at radius 2 is 1.18 bits per heavy atom. The molecule has 612 valence electrons. The van der Waals surface area contributed by atoms with Crippen LogP contribution in [0.3, 0.4) is 0 Å². The number of nitrogens with one attached hydrogen (secondary N) is 12. The molecule has 0 aromatic heterocycles. The maximum Gasteiger partial charge on any atom is 0.329 e. The molecule has 0 unspecified atom stereocenters. The van der Waals surface area contributed by atoms with Crippen molar-refractivity contribution in [3.05, 3.63) is 47.7 Å². The summed E-state index contributed by atoms with van der Waals surface area (Å²) in [6.07, 6.45) is 6.28. The van der Waals surface area contributed by atoms with E-state index in [1.54, 1.807) is 113 Å². The zero-order chi connectivity index (χ0) is 81.7. The molecule has 1 saturated carbocycles. The Morgan fingerprint density at radius 3 is 1.75 bits per heavy atom. The van der Waals surface area contributed by atoms with Crippen LogP contribution in [0.25, 0.3) is 0 Å². The summed E-state index contributed by atoms with van der Waals surface area (Å²) in [7, 11) is 0. The average Bonchev–Trinajstić information content (AvgIpc) is 1.81. The minimum Gasteiger partial charge on any atom is -0.458 e. The van der Waals surface area contributed by atoms with Crippen molar-refractivity contribution in [2.24, 2.45) is 53.1 Å². The Morgan fingerprint density at radius 1 is 0.606 bits per heavy atom. The number of allylic oxidation sites excluding steroid dienone is 1. The van der Waals surface area contributed by atoms with Crippen LogP contribution in [0, 0.1) is 47.3 Å². The zero-order valence-corrected chi connectivity index (χ0v) is 67.5. The average molecular weight is 1530 g/mol. The number of hydrogen-bond donors (Lipinski definition) is 14. The van der Waals surface area contributed by atoms with Gasteiger partial charge in [-0.2, -0.15) is 0 Å². The summed E-state index contributed by atoms with van der Waals surface area (Å²) in [5.74, 6) is -14.3. The number of esters is 1. The van der Waals surface area contributed by atoms with E-state index in [-0.39, 0.29) is 69.1 Å². The van der Waals surface area contributed by atoms with E-state index in [9.17, 15) is 62.6 Å². The van der Waals surface area contributed by atoms with Crippen LogP contribution in [0.5, 0.6) is 0 Å². The standard InChI is InChI=1S/C79H130N14O16/c1-18-47(14)63(75(104)92-66-50(17)109-79(108)62(46(12)13)88-67(96)53(20-3)82-69(98)56(41-52-33-25-22-26-34-52)84-72(101)59(43(6)7)85-74(103)64(48(15)19-2)90-77(66)106)89-68(97)54(35-28-38-80)83-71(100)57-36-29-39-93(57)78(107)61(45(10)11)87-73(102)60(44(8)9)86-76(105)65(49(16)94)91-70(99)55(40-51-31-23-21-24-32-51)81-58(95)37-27-30-42(4)5/h20,22,25-26,33-34,42-51,54-57,59-66,94H,18-19,21,23-24,27-32,35-41,80H2,1-17H3,(H,81,95)(H,82,98)(H,83,100)(H,84,101)(H,85,103)(H,86,105)(H,87,102)(H,88,96)(H,89,97)(H,90,106)(H,91,99)(H,92,104)/b53-20-/t47-,48-,49-,50+,54+,55-,56+,57-,59-,60+,61-,62+,63-,64-,65+,66-/m1/s1. The third kappa shape index (κ3) is 28.7. The van der Waals surface area contributed by atoms with Gasteiger partial charge in [-0.1, -0.05) is 185 Å². The monoisotopic (exact) mass is 1530 g/mol. The van der Waals surface area contributed by atoms with Crippen LogP contribution in [-0.2, 0) is 78.3 Å². The fraction of sp³-hybridized carbons (Fsp3) is 0.722. The summed E-state index contributed by atoms with van der Waals surface area (Å²) in [6, 6.07) is -7.56.